The topological polar surface area (TPSA) is 69.6 Å². The highest BCUT2D eigenvalue weighted by molar-refractivity contribution is 7.99. The zero-order chi connectivity index (χ0) is 15.2. The van der Waals surface area contributed by atoms with Crippen LogP contribution in [-0.2, 0) is 4.79 Å². The quantitative estimate of drug-likeness (QED) is 0.837. The van der Waals surface area contributed by atoms with Gasteiger partial charge >= 0.3 is 12.0 Å². The Bertz CT molecular complexity index is 378. The summed E-state index contributed by atoms with van der Waals surface area (Å²) in [6.45, 7) is 1.33. The van der Waals surface area contributed by atoms with E-state index in [-0.39, 0.29) is 24.4 Å². The molecule has 2 fully saturated rings. The van der Waals surface area contributed by atoms with Gasteiger partial charge in [-0.2, -0.15) is 11.8 Å². The average molecular weight is 314 g/mol. The minimum Gasteiger partial charge on any atom is -0.481 e. The number of rotatable bonds is 4. The van der Waals surface area contributed by atoms with Crippen molar-refractivity contribution in [2.45, 2.75) is 56.2 Å². The maximum atomic E-state index is 12.4. The van der Waals surface area contributed by atoms with Crippen LogP contribution in [0.1, 0.15) is 44.9 Å². The standard InChI is InChI=1S/C15H26N2O3S/c1-21-13-7-3-2-6-12(13)16-15(20)17-8-4-5-11(10-17)9-14(18)19/h11-13H,2-10H2,1H3,(H,16,20)(H,18,19). The molecular formula is C15H26N2O3S. The van der Waals surface area contributed by atoms with Crippen molar-refractivity contribution in [3.05, 3.63) is 0 Å². The minimum absolute atomic E-state index is 0.00367. The van der Waals surface area contributed by atoms with Gasteiger partial charge in [0.15, 0.2) is 0 Å². The first-order valence-electron chi connectivity index (χ1n) is 7.90. The van der Waals surface area contributed by atoms with Crippen LogP contribution in [0.4, 0.5) is 4.79 Å². The Labute approximate surface area is 130 Å². The van der Waals surface area contributed by atoms with Gasteiger partial charge in [0.1, 0.15) is 0 Å². The Morgan fingerprint density at radius 3 is 2.71 bits per heavy atom. The average Bonchev–Trinajstić information content (AvgIpc) is 2.47. The monoisotopic (exact) mass is 314 g/mol. The molecule has 0 aromatic rings. The Morgan fingerprint density at radius 1 is 1.24 bits per heavy atom. The molecule has 1 aliphatic heterocycles. The predicted octanol–water partition coefficient (Wildman–Crippen LogP) is 2.56. The SMILES string of the molecule is CSC1CCCCC1NC(=O)N1CCCC(CC(=O)O)C1. The molecule has 120 valence electrons. The molecule has 0 spiro atoms. The molecular weight excluding hydrogens is 288 g/mol. The smallest absolute Gasteiger partial charge is 0.317 e. The summed E-state index contributed by atoms with van der Waals surface area (Å²) in [5.74, 6) is -0.665. The van der Waals surface area contributed by atoms with Gasteiger partial charge in [-0.1, -0.05) is 12.8 Å². The van der Waals surface area contributed by atoms with Gasteiger partial charge in [-0.15, -0.1) is 0 Å². The fourth-order valence-corrected chi connectivity index (χ4v) is 4.39. The van der Waals surface area contributed by atoms with Crippen LogP contribution < -0.4 is 5.32 Å². The zero-order valence-electron chi connectivity index (χ0n) is 12.7. The largest absolute Gasteiger partial charge is 0.481 e. The lowest BCUT2D eigenvalue weighted by Crippen LogP contribution is -2.52. The summed E-state index contributed by atoms with van der Waals surface area (Å²) in [7, 11) is 0. The molecule has 2 N–H and O–H groups in total. The van der Waals surface area contributed by atoms with Gasteiger partial charge in [0.2, 0.25) is 0 Å². The second-order valence-electron chi connectivity index (χ2n) is 6.17. The van der Waals surface area contributed by atoms with E-state index in [1.807, 2.05) is 16.7 Å². The zero-order valence-corrected chi connectivity index (χ0v) is 13.5. The van der Waals surface area contributed by atoms with Gasteiger partial charge in [-0.3, -0.25) is 4.79 Å². The van der Waals surface area contributed by atoms with Crippen LogP contribution in [0.5, 0.6) is 0 Å². The molecule has 2 aliphatic rings. The molecule has 2 amide bonds. The second-order valence-corrected chi connectivity index (χ2v) is 7.24. The fourth-order valence-electron chi connectivity index (χ4n) is 3.46. The lowest BCUT2D eigenvalue weighted by molar-refractivity contribution is -0.138. The number of carbonyl (C=O) groups excluding carboxylic acids is 1. The van der Waals surface area contributed by atoms with E-state index >= 15 is 0 Å². The van der Waals surface area contributed by atoms with E-state index in [1.165, 1.54) is 19.3 Å². The van der Waals surface area contributed by atoms with Crippen molar-refractivity contribution in [1.29, 1.82) is 0 Å². The van der Waals surface area contributed by atoms with Crippen LogP contribution in [-0.4, -0.2) is 52.6 Å². The third kappa shape index (κ3) is 4.80. The number of carboxylic acid groups (broad SMARTS) is 1. The number of amides is 2. The first kappa shape index (κ1) is 16.5. The molecule has 0 aromatic carbocycles. The molecule has 6 heteroatoms. The highest BCUT2D eigenvalue weighted by Crippen LogP contribution is 2.27. The number of hydrogen-bond donors (Lipinski definition) is 2. The number of piperidine rings is 1. The molecule has 5 nitrogen and oxygen atoms in total. The van der Waals surface area contributed by atoms with Gasteiger partial charge in [0.05, 0.1) is 0 Å². The number of carbonyl (C=O) groups is 2. The van der Waals surface area contributed by atoms with E-state index in [0.29, 0.717) is 11.8 Å². The van der Waals surface area contributed by atoms with E-state index in [9.17, 15) is 9.59 Å². The van der Waals surface area contributed by atoms with Gasteiger partial charge in [-0.05, 0) is 37.9 Å². The number of urea groups is 1. The number of carboxylic acids is 1. The van der Waals surface area contributed by atoms with Crippen molar-refractivity contribution >= 4 is 23.8 Å². The Hall–Kier alpha value is -0.910. The predicted molar refractivity (Wildman–Crippen MR) is 84.6 cm³/mol. The molecule has 1 heterocycles. The molecule has 21 heavy (non-hydrogen) atoms. The summed E-state index contributed by atoms with van der Waals surface area (Å²) in [5.41, 5.74) is 0. The summed E-state index contributed by atoms with van der Waals surface area (Å²) >= 11 is 1.84. The normalized spacial score (nSPS) is 30.0. The van der Waals surface area contributed by atoms with Gasteiger partial charge in [0.25, 0.3) is 0 Å². The molecule has 1 saturated heterocycles. The van der Waals surface area contributed by atoms with Crippen LogP contribution in [0, 0.1) is 5.92 Å². The molecule has 1 saturated carbocycles. The third-order valence-electron chi connectivity index (χ3n) is 4.58. The number of hydrogen-bond acceptors (Lipinski definition) is 3. The fraction of sp³-hybridized carbons (Fsp3) is 0.867. The summed E-state index contributed by atoms with van der Waals surface area (Å²) in [4.78, 5) is 25.0. The van der Waals surface area contributed by atoms with E-state index in [2.05, 4.69) is 11.6 Å². The van der Waals surface area contributed by atoms with E-state index in [4.69, 9.17) is 5.11 Å². The van der Waals surface area contributed by atoms with Gasteiger partial charge in [0, 0.05) is 30.8 Å². The highest BCUT2D eigenvalue weighted by Gasteiger charge is 2.30. The Morgan fingerprint density at radius 2 is 2.00 bits per heavy atom. The van der Waals surface area contributed by atoms with Crippen molar-refractivity contribution in [2.75, 3.05) is 19.3 Å². The lowest BCUT2D eigenvalue weighted by atomic mass is 9.94. The Balaban J connectivity index is 1.85. The van der Waals surface area contributed by atoms with Crippen LogP contribution in [0.15, 0.2) is 0 Å². The van der Waals surface area contributed by atoms with Gasteiger partial charge in [-0.25, -0.2) is 4.79 Å². The summed E-state index contributed by atoms with van der Waals surface area (Å²) < 4.78 is 0. The second kappa shape index (κ2) is 7.92. The Kier molecular flexibility index (Phi) is 6.21. The van der Waals surface area contributed by atoms with Crippen molar-refractivity contribution < 1.29 is 14.7 Å². The number of thioether (sulfide) groups is 1. The van der Waals surface area contributed by atoms with Crippen LogP contribution in [0.3, 0.4) is 0 Å². The summed E-state index contributed by atoms with van der Waals surface area (Å²) in [6, 6.07) is 0.261. The van der Waals surface area contributed by atoms with Gasteiger partial charge < -0.3 is 15.3 Å². The summed E-state index contributed by atoms with van der Waals surface area (Å²) in [6.07, 6.45) is 8.76. The molecule has 0 radical (unpaired) electrons. The first-order chi connectivity index (χ1) is 10.1. The van der Waals surface area contributed by atoms with E-state index in [0.717, 1.165) is 25.8 Å². The van der Waals surface area contributed by atoms with Crippen LogP contribution in [0.2, 0.25) is 0 Å². The molecule has 0 bridgehead atoms. The number of likely N-dealkylation sites (tertiary alicyclic amines) is 1. The van der Waals surface area contributed by atoms with Crippen LogP contribution >= 0.6 is 11.8 Å². The molecule has 3 unspecified atom stereocenters. The molecule has 1 aliphatic carbocycles. The third-order valence-corrected chi connectivity index (χ3v) is 5.75. The van der Waals surface area contributed by atoms with E-state index in [1.54, 1.807) is 0 Å². The number of aliphatic carboxylic acids is 1. The van der Waals surface area contributed by atoms with Crippen molar-refractivity contribution in [3.8, 4) is 0 Å². The highest BCUT2D eigenvalue weighted by atomic mass is 32.2. The lowest BCUT2D eigenvalue weighted by Gasteiger charge is -2.36. The van der Waals surface area contributed by atoms with Crippen LogP contribution in [0.25, 0.3) is 0 Å². The van der Waals surface area contributed by atoms with E-state index < -0.39 is 5.97 Å². The molecule has 0 aromatic heterocycles. The van der Waals surface area contributed by atoms with Crippen molar-refractivity contribution in [1.82, 2.24) is 10.2 Å². The summed E-state index contributed by atoms with van der Waals surface area (Å²) in [5, 5.41) is 12.6. The molecule has 3 atom stereocenters. The minimum atomic E-state index is -0.767. The first-order valence-corrected chi connectivity index (χ1v) is 9.19. The molecule has 2 rings (SSSR count). The van der Waals surface area contributed by atoms with Crippen molar-refractivity contribution in [2.24, 2.45) is 5.92 Å². The maximum Gasteiger partial charge on any atom is 0.317 e. The number of nitrogens with zero attached hydrogens (tertiary/aromatic N) is 1. The maximum absolute atomic E-state index is 12.4. The van der Waals surface area contributed by atoms with Crippen molar-refractivity contribution in [3.63, 3.8) is 0 Å². The number of nitrogens with one attached hydrogen (secondary N) is 1.